The minimum absolute atomic E-state index is 0.187. The number of likely N-dealkylation sites (tertiary alicyclic amines) is 1. The minimum atomic E-state index is -0.484. The number of ether oxygens (including phenoxy) is 1. The number of hydrogen-bond donors (Lipinski definition) is 0. The third-order valence-electron chi connectivity index (χ3n) is 3.20. The van der Waals surface area contributed by atoms with Crippen LogP contribution >= 0.6 is 0 Å². The van der Waals surface area contributed by atoms with E-state index in [1.54, 1.807) is 11.0 Å². The highest BCUT2D eigenvalue weighted by molar-refractivity contribution is 5.68. The van der Waals surface area contributed by atoms with Gasteiger partial charge in [-0.2, -0.15) is 4.99 Å². The Morgan fingerprint density at radius 1 is 1.48 bits per heavy atom. The fraction of sp³-hybridized carbons (Fsp3) is 0.533. The molecule has 0 aliphatic carbocycles. The van der Waals surface area contributed by atoms with E-state index in [4.69, 9.17) is 4.74 Å². The molecule has 2 heterocycles. The Hall–Kier alpha value is -2.20. The summed E-state index contributed by atoms with van der Waals surface area (Å²) in [5, 5.41) is 0. The number of nitrogens with zero attached hydrogens (tertiary/aromatic N) is 3. The molecule has 0 bridgehead atoms. The van der Waals surface area contributed by atoms with Crippen LogP contribution in [0.3, 0.4) is 0 Å². The van der Waals surface area contributed by atoms with Crippen LogP contribution in [0.25, 0.3) is 0 Å². The van der Waals surface area contributed by atoms with Gasteiger partial charge in [0.25, 0.3) is 0 Å². The second kappa shape index (κ2) is 6.06. The van der Waals surface area contributed by atoms with E-state index in [1.165, 1.54) is 12.3 Å². The highest BCUT2D eigenvalue weighted by atomic mass is 16.6. The molecule has 21 heavy (non-hydrogen) atoms. The van der Waals surface area contributed by atoms with E-state index >= 15 is 0 Å². The molecule has 6 heteroatoms. The summed E-state index contributed by atoms with van der Waals surface area (Å²) in [7, 11) is 0. The third-order valence-corrected chi connectivity index (χ3v) is 3.20. The van der Waals surface area contributed by atoms with Gasteiger partial charge in [0.15, 0.2) is 0 Å². The number of amides is 1. The zero-order chi connectivity index (χ0) is 15.5. The summed E-state index contributed by atoms with van der Waals surface area (Å²) in [5.41, 5.74) is 0.892. The molecule has 1 aliphatic heterocycles. The Labute approximate surface area is 123 Å². The van der Waals surface area contributed by atoms with Crippen LogP contribution in [-0.2, 0) is 9.53 Å². The van der Waals surface area contributed by atoms with Gasteiger partial charge in [-0.1, -0.05) is 0 Å². The monoisotopic (exact) mass is 289 g/mol. The molecule has 1 amide bonds. The minimum Gasteiger partial charge on any atom is -0.444 e. The molecule has 6 nitrogen and oxygen atoms in total. The molecule has 0 spiro atoms. The van der Waals surface area contributed by atoms with E-state index in [2.05, 4.69) is 9.98 Å². The fourth-order valence-electron chi connectivity index (χ4n) is 2.25. The van der Waals surface area contributed by atoms with Crippen LogP contribution < -0.4 is 0 Å². The smallest absolute Gasteiger partial charge is 0.410 e. The lowest BCUT2D eigenvalue weighted by atomic mass is 10.0. The van der Waals surface area contributed by atoms with Crippen LogP contribution in [0.4, 0.5) is 10.5 Å². The molecule has 1 fully saturated rings. The Kier molecular flexibility index (Phi) is 4.38. The molecule has 0 radical (unpaired) electrons. The van der Waals surface area contributed by atoms with Gasteiger partial charge in [-0.15, -0.1) is 0 Å². The summed E-state index contributed by atoms with van der Waals surface area (Å²) in [6.45, 7) is 6.82. The molecule has 112 valence electrons. The standard InChI is InChI=1S/C15H19N3O3/c1-15(2,3)21-14(20)18-7-6-11(9-18)13-5-4-12(8-16-13)17-10-19/h4-5,8,11H,6-7,9H2,1-3H3. The zero-order valence-corrected chi connectivity index (χ0v) is 12.5. The van der Waals surface area contributed by atoms with Crippen LogP contribution in [0, 0.1) is 0 Å². The van der Waals surface area contributed by atoms with Gasteiger partial charge in [0.05, 0.1) is 11.9 Å². The first-order valence-electron chi connectivity index (χ1n) is 6.91. The normalized spacial score (nSPS) is 18.2. The van der Waals surface area contributed by atoms with Gasteiger partial charge in [-0.05, 0) is 39.3 Å². The second-order valence-electron chi connectivity index (χ2n) is 6.06. The average Bonchev–Trinajstić information content (AvgIpc) is 2.88. The summed E-state index contributed by atoms with van der Waals surface area (Å²) in [6.07, 6.45) is 3.59. The quantitative estimate of drug-likeness (QED) is 0.620. The van der Waals surface area contributed by atoms with E-state index in [1.807, 2.05) is 26.8 Å². The van der Waals surface area contributed by atoms with Gasteiger partial charge in [0.1, 0.15) is 5.60 Å². The molecule has 1 aromatic rings. The van der Waals surface area contributed by atoms with Crippen molar-refractivity contribution in [2.45, 2.75) is 38.7 Å². The number of carbonyl (C=O) groups is 1. The molecule has 1 atom stereocenters. The number of carbonyl (C=O) groups excluding carboxylic acids is 2. The van der Waals surface area contributed by atoms with Crippen LogP contribution in [-0.4, -0.2) is 40.7 Å². The number of pyridine rings is 1. The highest BCUT2D eigenvalue weighted by Gasteiger charge is 2.31. The molecular formula is C15H19N3O3. The van der Waals surface area contributed by atoms with Gasteiger partial charge in [0.2, 0.25) is 6.08 Å². The van der Waals surface area contributed by atoms with Gasteiger partial charge in [-0.25, -0.2) is 9.59 Å². The summed E-state index contributed by atoms with van der Waals surface area (Å²) in [5.74, 6) is 0.187. The van der Waals surface area contributed by atoms with Gasteiger partial charge in [-0.3, -0.25) is 4.98 Å². The largest absolute Gasteiger partial charge is 0.444 e. The van der Waals surface area contributed by atoms with Gasteiger partial charge >= 0.3 is 6.09 Å². The Balaban J connectivity index is 1.98. The molecule has 1 saturated heterocycles. The SMILES string of the molecule is CC(C)(C)OC(=O)N1CCC(c2ccc(N=C=O)cn2)C1. The van der Waals surface area contributed by atoms with Gasteiger partial charge < -0.3 is 9.64 Å². The molecule has 0 N–H and O–H groups in total. The van der Waals surface area contributed by atoms with Crippen molar-refractivity contribution >= 4 is 17.9 Å². The van der Waals surface area contributed by atoms with Crippen molar-refractivity contribution in [2.24, 2.45) is 4.99 Å². The maximum atomic E-state index is 12.0. The number of isocyanates is 1. The Morgan fingerprint density at radius 3 is 2.81 bits per heavy atom. The summed E-state index contributed by atoms with van der Waals surface area (Å²) in [6, 6.07) is 3.56. The van der Waals surface area contributed by atoms with E-state index < -0.39 is 5.60 Å². The molecule has 0 aromatic carbocycles. The Bertz CT molecular complexity index is 557. The van der Waals surface area contributed by atoms with E-state index in [0.717, 1.165) is 12.1 Å². The first kappa shape index (κ1) is 15.2. The molecule has 1 unspecified atom stereocenters. The third kappa shape index (κ3) is 4.13. The maximum absolute atomic E-state index is 12.0. The summed E-state index contributed by atoms with van der Waals surface area (Å²) < 4.78 is 5.37. The predicted molar refractivity (Wildman–Crippen MR) is 77.2 cm³/mol. The number of aliphatic imine (C=N–C) groups is 1. The van der Waals surface area contributed by atoms with Crippen molar-refractivity contribution in [3.63, 3.8) is 0 Å². The summed E-state index contributed by atoms with van der Waals surface area (Å²) in [4.78, 5) is 31.7. The van der Waals surface area contributed by atoms with Crippen molar-refractivity contribution in [1.82, 2.24) is 9.88 Å². The van der Waals surface area contributed by atoms with E-state index in [0.29, 0.717) is 18.8 Å². The van der Waals surface area contributed by atoms with Crippen LogP contribution in [0.1, 0.15) is 38.8 Å². The summed E-state index contributed by atoms with van der Waals surface area (Å²) >= 11 is 0. The topological polar surface area (TPSA) is 71.9 Å². The number of hydrogen-bond acceptors (Lipinski definition) is 5. The molecular weight excluding hydrogens is 270 g/mol. The molecule has 1 aromatic heterocycles. The lowest BCUT2D eigenvalue weighted by molar-refractivity contribution is 0.0292. The molecule has 2 rings (SSSR count). The maximum Gasteiger partial charge on any atom is 0.410 e. The number of rotatable bonds is 2. The average molecular weight is 289 g/mol. The van der Waals surface area contributed by atoms with E-state index in [9.17, 15) is 9.59 Å². The predicted octanol–water partition coefficient (Wildman–Crippen LogP) is 2.77. The first-order valence-corrected chi connectivity index (χ1v) is 6.91. The Morgan fingerprint density at radius 2 is 2.24 bits per heavy atom. The highest BCUT2D eigenvalue weighted by Crippen LogP contribution is 2.27. The zero-order valence-electron chi connectivity index (χ0n) is 12.5. The lowest BCUT2D eigenvalue weighted by Crippen LogP contribution is -2.35. The van der Waals surface area contributed by atoms with E-state index in [-0.39, 0.29) is 12.0 Å². The van der Waals surface area contributed by atoms with Crippen molar-refractivity contribution in [1.29, 1.82) is 0 Å². The van der Waals surface area contributed by atoms with Crippen LogP contribution in [0.15, 0.2) is 23.3 Å². The van der Waals surface area contributed by atoms with Gasteiger partial charge in [0, 0.05) is 24.7 Å². The van der Waals surface area contributed by atoms with Crippen molar-refractivity contribution in [2.75, 3.05) is 13.1 Å². The second-order valence-corrected chi connectivity index (χ2v) is 6.06. The van der Waals surface area contributed by atoms with Crippen molar-refractivity contribution < 1.29 is 14.3 Å². The molecule has 1 aliphatic rings. The lowest BCUT2D eigenvalue weighted by Gasteiger charge is -2.24. The van der Waals surface area contributed by atoms with Crippen LogP contribution in [0.2, 0.25) is 0 Å². The first-order chi connectivity index (χ1) is 9.89. The van der Waals surface area contributed by atoms with Crippen molar-refractivity contribution in [3.8, 4) is 0 Å². The van der Waals surface area contributed by atoms with Crippen LogP contribution in [0.5, 0.6) is 0 Å². The fourth-order valence-corrected chi connectivity index (χ4v) is 2.25. The number of aromatic nitrogens is 1. The van der Waals surface area contributed by atoms with Crippen molar-refractivity contribution in [3.05, 3.63) is 24.0 Å². The molecule has 0 saturated carbocycles.